The van der Waals surface area contributed by atoms with Crippen molar-refractivity contribution in [2.75, 3.05) is 26.1 Å². The zero-order valence-corrected chi connectivity index (χ0v) is 3.26. The Balaban J connectivity index is 5.46. The Morgan fingerprint density at radius 2 is 2.14 bits per heavy atom. The van der Waals surface area contributed by atoms with Crippen LogP contribution in [0.3, 0.4) is 0 Å². The molecule has 0 spiro atoms. The van der Waals surface area contributed by atoms with Gasteiger partial charge in [0.2, 0.25) is 2.86 Å². The molecule has 7 heavy (non-hydrogen) atoms. The zero-order chi connectivity index (χ0) is 15.0. The molecule has 0 heterocycles. The van der Waals surface area contributed by atoms with Crippen molar-refractivity contribution in [1.29, 1.82) is 2.86 Å². The van der Waals surface area contributed by atoms with Crippen molar-refractivity contribution in [1.82, 2.24) is 5.31 Å². The van der Waals surface area contributed by atoms with E-state index in [1.54, 1.807) is 0 Å². The monoisotopic (exact) mass is 116 g/mol. The molecule has 0 saturated carbocycles. The van der Waals surface area contributed by atoms with Crippen LogP contribution in [-0.4, -0.2) is 39.2 Å². The van der Waals surface area contributed by atoms with Crippen LogP contribution in [0.25, 0.3) is 0 Å². The molecule has 0 amide bonds. The highest BCUT2D eigenvalue weighted by atomic mass is 16.3. The number of hydrogen-bond donors (Lipinski definition) is 3. The number of hydrogen-bond acceptors (Lipinski definition) is 3. The van der Waals surface area contributed by atoms with Crippen LogP contribution in [0.1, 0.15) is 11.0 Å². The van der Waals surface area contributed by atoms with Gasteiger partial charge in [-0.1, -0.05) is 0 Å². The third-order valence-corrected chi connectivity index (χ3v) is 0.203. The van der Waals surface area contributed by atoms with E-state index in [-0.39, 0.29) is 0 Å². The Labute approximate surface area is 58.7 Å². The normalized spacial score (nSPS) is 41.0. The minimum absolute atomic E-state index is 0.719. The molecule has 0 aliphatic rings. The van der Waals surface area contributed by atoms with Crippen LogP contribution >= 0.6 is 0 Å². The van der Waals surface area contributed by atoms with Crippen LogP contribution in [0.4, 0.5) is 0 Å². The van der Waals surface area contributed by atoms with E-state index in [1.807, 2.05) is 0 Å². The van der Waals surface area contributed by atoms with Crippen molar-refractivity contribution >= 4 is 0 Å². The third-order valence-electron chi connectivity index (χ3n) is 0.203. The minimum atomic E-state index is -3.51. The Kier molecular flexibility index (Phi) is 0.701. The molecule has 3 heteroatoms. The Morgan fingerprint density at radius 1 is 1.57 bits per heavy atom. The zero-order valence-electron chi connectivity index (χ0n) is 14.3. The van der Waals surface area contributed by atoms with E-state index in [4.69, 9.17) is 15.2 Å². The summed E-state index contributed by atoms with van der Waals surface area (Å²) in [6.07, 6.45) is 0. The lowest BCUT2D eigenvalue weighted by molar-refractivity contribution is 0.267. The molecule has 0 aliphatic carbocycles. The van der Waals surface area contributed by atoms with Gasteiger partial charge in [0.25, 0.3) is 0 Å². The smallest absolute Gasteiger partial charge is 0.210 e. The third kappa shape index (κ3) is 5.88. The van der Waals surface area contributed by atoms with Crippen LogP contribution in [0.2, 0.25) is 1.41 Å². The molecule has 3 N–H and O–H groups in total. The summed E-state index contributed by atoms with van der Waals surface area (Å²) < 4.78 is 76.7. The summed E-state index contributed by atoms with van der Waals surface area (Å²) in [4.78, 5) is 0. The predicted molar refractivity (Wildman–Crippen MR) is 27.0 cm³/mol. The SMILES string of the molecule is [2H]OC([2H])([2H])C([2H])([2H])N([2H])C([2H])([2H])C([2H])([2H])O[2H]. The Hall–Kier alpha value is -0.120. The van der Waals surface area contributed by atoms with Crippen molar-refractivity contribution in [3.63, 3.8) is 0 Å². The topological polar surface area (TPSA) is 52.5 Å². The highest BCUT2D eigenvalue weighted by Crippen LogP contribution is 1.54. The average molecular weight is 116 g/mol. The van der Waals surface area contributed by atoms with Crippen LogP contribution in [0, 0.1) is 0 Å². The summed E-state index contributed by atoms with van der Waals surface area (Å²) in [7, 11) is 0. The minimum Gasteiger partial charge on any atom is -0.395 e. The predicted octanol–water partition coefficient (Wildman–Crippen LogP) is -1.44. The van der Waals surface area contributed by atoms with Gasteiger partial charge in [0, 0.05) is 18.5 Å². The first kappa shape index (κ1) is 0.835. The first-order valence-electron chi connectivity index (χ1n) is 6.62. The fourth-order valence-electron chi connectivity index (χ4n) is 0.0736. The van der Waals surface area contributed by atoms with Gasteiger partial charge in [-0.25, -0.2) is 0 Å². The maximum absolute atomic E-state index is 7.21. The van der Waals surface area contributed by atoms with E-state index in [2.05, 4.69) is 10.2 Å². The van der Waals surface area contributed by atoms with Crippen molar-refractivity contribution in [3.8, 4) is 0 Å². The van der Waals surface area contributed by atoms with Crippen molar-refractivity contribution in [2.45, 2.75) is 0 Å². The van der Waals surface area contributed by atoms with E-state index in [9.17, 15) is 0 Å². The lowest BCUT2D eigenvalue weighted by Gasteiger charge is -1.94. The summed E-state index contributed by atoms with van der Waals surface area (Å²) in [5.41, 5.74) is 0. The molecular formula is C4H11NO2. The largest absolute Gasteiger partial charge is 0.395 e. The number of aliphatic hydroxyl groups is 2. The van der Waals surface area contributed by atoms with Gasteiger partial charge in [0.15, 0.2) is 0 Å². The molecule has 0 rings (SSSR count). The highest BCUT2D eigenvalue weighted by Gasteiger charge is 1.78. The molecular weight excluding hydrogens is 94.0 g/mol. The molecule has 0 atom stereocenters. The van der Waals surface area contributed by atoms with Gasteiger partial charge in [0.1, 0.15) is 1.41 Å². The van der Waals surface area contributed by atoms with E-state index in [0.717, 1.165) is 0 Å². The number of rotatable bonds is 6. The van der Waals surface area contributed by atoms with E-state index in [1.165, 1.54) is 0 Å². The second-order valence-corrected chi connectivity index (χ2v) is 0.540. The van der Waals surface area contributed by atoms with E-state index >= 15 is 0 Å². The Bertz CT molecular complexity index is 265. The van der Waals surface area contributed by atoms with Gasteiger partial charge >= 0.3 is 0 Å². The molecule has 0 saturated heterocycles. The molecule has 0 fully saturated rings. The first-order valence-corrected chi connectivity index (χ1v) is 1.36. The molecule has 3 nitrogen and oxygen atoms in total. The first-order chi connectivity index (χ1) is 7.78. The fourth-order valence-corrected chi connectivity index (χ4v) is 0.0736. The quantitative estimate of drug-likeness (QED) is 0.398. The molecule has 0 bridgehead atoms. The summed E-state index contributed by atoms with van der Waals surface area (Å²) >= 11 is 0. The molecule has 0 unspecified atom stereocenters. The van der Waals surface area contributed by atoms with E-state index in [0.29, 0.717) is 0 Å². The standard InChI is InChI=1S/C4H11NO2/c6-3-1-5-2-4-7/h5-7H,1-4H2/i1D2,2D2,3D2,4D2,6D,7D/hD. The Morgan fingerprint density at radius 3 is 2.57 bits per heavy atom. The molecule has 0 radical (unpaired) electrons. The van der Waals surface area contributed by atoms with Gasteiger partial charge < -0.3 is 15.5 Å². The van der Waals surface area contributed by atoms with E-state index < -0.39 is 31.4 Å². The van der Waals surface area contributed by atoms with Gasteiger partial charge in [-0.15, -0.1) is 0 Å². The van der Waals surface area contributed by atoms with Crippen molar-refractivity contribution in [3.05, 3.63) is 0 Å². The molecule has 0 aromatic rings. The summed E-state index contributed by atoms with van der Waals surface area (Å²) in [6.45, 7) is -13.8. The maximum atomic E-state index is 7.21. The summed E-state index contributed by atoms with van der Waals surface area (Å²) in [5.74, 6) is 0. The molecule has 0 aromatic heterocycles. The van der Waals surface area contributed by atoms with Crippen molar-refractivity contribution in [2.24, 2.45) is 0 Å². The fraction of sp³-hybridized carbons (Fsp3) is 1.00. The van der Waals surface area contributed by atoms with Crippen LogP contribution in [-0.2, 0) is 0 Å². The highest BCUT2D eigenvalue weighted by molar-refractivity contribution is 4.39. The molecule has 0 aliphatic heterocycles. The van der Waals surface area contributed by atoms with Gasteiger partial charge in [0.05, 0.1) is 18.6 Å². The molecule has 0 aromatic carbocycles. The summed E-state index contributed by atoms with van der Waals surface area (Å²) in [5, 5.41) is 6.15. The van der Waals surface area contributed by atoms with Crippen molar-refractivity contribution < 1.29 is 22.6 Å². The summed E-state index contributed by atoms with van der Waals surface area (Å²) in [6, 6.07) is 0. The second-order valence-electron chi connectivity index (χ2n) is 0.540. The second kappa shape index (κ2) is 5.88. The van der Waals surface area contributed by atoms with Gasteiger partial charge in [-0.2, -0.15) is 0 Å². The van der Waals surface area contributed by atoms with Crippen LogP contribution in [0.5, 0.6) is 0 Å². The lowest BCUT2D eigenvalue weighted by Crippen LogP contribution is -2.21. The van der Waals surface area contributed by atoms with Gasteiger partial charge in [-0.05, 0) is 0 Å². The average Bonchev–Trinajstić information content (AvgIpc) is 2.27. The maximum Gasteiger partial charge on any atom is 0.210 e. The van der Waals surface area contributed by atoms with Crippen LogP contribution < -0.4 is 5.31 Å². The molecule has 44 valence electrons. The number of nitrogens with one attached hydrogen (secondary N) is 1. The van der Waals surface area contributed by atoms with Gasteiger partial charge in [-0.3, -0.25) is 0 Å². The van der Waals surface area contributed by atoms with Crippen LogP contribution in [0.15, 0.2) is 0 Å². The lowest BCUT2D eigenvalue weighted by atomic mass is 10.6.